The molecule has 1 fully saturated rings. The highest BCUT2D eigenvalue weighted by Crippen LogP contribution is 2.23. The van der Waals surface area contributed by atoms with Gasteiger partial charge in [0, 0.05) is 43.8 Å². The molecule has 0 aliphatic carbocycles. The molecule has 0 radical (unpaired) electrons. The van der Waals surface area contributed by atoms with Crippen LogP contribution in [0.2, 0.25) is 0 Å². The number of hydrogen-bond donors (Lipinski definition) is 4. The zero-order valence-electron chi connectivity index (χ0n) is 20.3. The summed E-state index contributed by atoms with van der Waals surface area (Å²) in [5.74, 6) is 0.728. The van der Waals surface area contributed by atoms with E-state index in [0.717, 1.165) is 37.6 Å². The van der Waals surface area contributed by atoms with Crippen molar-refractivity contribution in [3.63, 3.8) is 0 Å². The van der Waals surface area contributed by atoms with E-state index in [1.54, 1.807) is 36.7 Å². The number of piperazine rings is 1. The lowest BCUT2D eigenvalue weighted by Gasteiger charge is -2.29. The van der Waals surface area contributed by atoms with Crippen LogP contribution in [0.1, 0.15) is 19.5 Å². The van der Waals surface area contributed by atoms with E-state index in [0.29, 0.717) is 28.5 Å². The molecule has 36 heavy (non-hydrogen) atoms. The molecule has 0 amide bonds. The maximum atomic E-state index is 13.1. The maximum Gasteiger partial charge on any atom is 0.278 e. The quantitative estimate of drug-likeness (QED) is 0.303. The molecule has 11 nitrogen and oxygen atoms in total. The molecule has 4 heterocycles. The summed E-state index contributed by atoms with van der Waals surface area (Å²) >= 11 is 0. The smallest absolute Gasteiger partial charge is 0.278 e. The minimum atomic E-state index is -1.17. The molecule has 0 bridgehead atoms. The predicted molar refractivity (Wildman–Crippen MR) is 138 cm³/mol. The molecule has 0 spiro atoms. The second-order valence-corrected chi connectivity index (χ2v) is 9.24. The van der Waals surface area contributed by atoms with Crippen LogP contribution in [0, 0.1) is 0 Å². The molecule has 0 saturated carbocycles. The van der Waals surface area contributed by atoms with E-state index in [2.05, 4.69) is 42.6 Å². The third-order valence-corrected chi connectivity index (χ3v) is 6.17. The van der Waals surface area contributed by atoms with Gasteiger partial charge in [0.2, 0.25) is 5.95 Å². The van der Waals surface area contributed by atoms with Crippen molar-refractivity contribution in [3.05, 3.63) is 64.7 Å². The number of benzene rings is 1. The summed E-state index contributed by atoms with van der Waals surface area (Å²) in [4.78, 5) is 29.0. The summed E-state index contributed by atoms with van der Waals surface area (Å²) in [6.45, 7) is 6.99. The standard InChI is InChI=1S/C25H30N8O3/c1-25(2,36)20-4-3-5-21(29-20)33-22-19(23(35)32(33)14-15-34)16-27-24(30-22)28-17-6-8-18(9-7-17)31-12-10-26-11-13-31/h3-9,16,26,34,36H,10-15H2,1-2H3,(H,27,28,30). The van der Waals surface area contributed by atoms with Crippen LogP contribution in [0.15, 0.2) is 53.5 Å². The van der Waals surface area contributed by atoms with Crippen LogP contribution in [-0.4, -0.2) is 67.3 Å². The van der Waals surface area contributed by atoms with Gasteiger partial charge in [-0.15, -0.1) is 0 Å². The van der Waals surface area contributed by atoms with E-state index in [4.69, 9.17) is 0 Å². The fraction of sp³-hybridized carbons (Fsp3) is 0.360. The molecule has 1 saturated heterocycles. The van der Waals surface area contributed by atoms with Crippen molar-refractivity contribution in [1.29, 1.82) is 0 Å². The molecule has 4 aromatic rings. The highest BCUT2D eigenvalue weighted by molar-refractivity contribution is 5.77. The van der Waals surface area contributed by atoms with Crippen molar-refractivity contribution < 1.29 is 10.2 Å². The maximum absolute atomic E-state index is 13.1. The number of pyridine rings is 1. The molecule has 5 rings (SSSR count). The van der Waals surface area contributed by atoms with E-state index < -0.39 is 5.60 Å². The summed E-state index contributed by atoms with van der Waals surface area (Å²) < 4.78 is 2.94. The number of hydrogen-bond acceptors (Lipinski definition) is 9. The minimum absolute atomic E-state index is 0.0554. The Morgan fingerprint density at radius 2 is 1.83 bits per heavy atom. The summed E-state index contributed by atoms with van der Waals surface area (Å²) in [7, 11) is 0. The number of rotatable bonds is 7. The second kappa shape index (κ2) is 9.69. The fourth-order valence-corrected chi connectivity index (χ4v) is 4.31. The Hall–Kier alpha value is -3.80. The highest BCUT2D eigenvalue weighted by atomic mass is 16.3. The van der Waals surface area contributed by atoms with E-state index in [1.807, 2.05) is 12.1 Å². The lowest BCUT2D eigenvalue weighted by Crippen LogP contribution is -2.43. The third kappa shape index (κ3) is 4.68. The van der Waals surface area contributed by atoms with Crippen LogP contribution in [0.3, 0.4) is 0 Å². The minimum Gasteiger partial charge on any atom is -0.394 e. The van der Waals surface area contributed by atoms with Crippen LogP contribution >= 0.6 is 0 Å². The SMILES string of the molecule is CC(C)(O)c1cccc(-n2c3nc(Nc4ccc(N5CCNCC5)cc4)ncc3c(=O)n2CCO)n1. The van der Waals surface area contributed by atoms with Crippen molar-refractivity contribution in [3.8, 4) is 5.82 Å². The van der Waals surface area contributed by atoms with E-state index >= 15 is 0 Å². The number of fused-ring (bicyclic) bond motifs is 1. The number of nitrogens with one attached hydrogen (secondary N) is 2. The van der Waals surface area contributed by atoms with Crippen molar-refractivity contribution in [2.45, 2.75) is 26.0 Å². The number of anilines is 3. The van der Waals surface area contributed by atoms with Crippen LogP contribution in [-0.2, 0) is 12.1 Å². The van der Waals surface area contributed by atoms with Gasteiger partial charge < -0.3 is 25.7 Å². The molecule has 188 valence electrons. The molecule has 11 heteroatoms. The van der Waals surface area contributed by atoms with Crippen LogP contribution in [0.25, 0.3) is 16.9 Å². The molecule has 3 aromatic heterocycles. The first-order valence-electron chi connectivity index (χ1n) is 12.0. The summed E-state index contributed by atoms with van der Waals surface area (Å²) in [5, 5.41) is 26.9. The van der Waals surface area contributed by atoms with Crippen molar-refractivity contribution in [2.75, 3.05) is 43.0 Å². The lowest BCUT2D eigenvalue weighted by atomic mass is 10.1. The van der Waals surface area contributed by atoms with Gasteiger partial charge in [-0.1, -0.05) is 6.07 Å². The lowest BCUT2D eigenvalue weighted by molar-refractivity contribution is 0.0737. The molecule has 1 aliphatic heterocycles. The third-order valence-electron chi connectivity index (χ3n) is 6.17. The number of aromatic nitrogens is 5. The second-order valence-electron chi connectivity index (χ2n) is 9.24. The summed E-state index contributed by atoms with van der Waals surface area (Å²) in [6, 6.07) is 13.3. The molecule has 0 unspecified atom stereocenters. The highest BCUT2D eigenvalue weighted by Gasteiger charge is 2.22. The largest absolute Gasteiger partial charge is 0.394 e. The van der Waals surface area contributed by atoms with E-state index in [9.17, 15) is 15.0 Å². The van der Waals surface area contributed by atoms with Gasteiger partial charge in [0.1, 0.15) is 11.0 Å². The molecule has 0 atom stereocenters. The molecule has 1 aromatic carbocycles. The van der Waals surface area contributed by atoms with Crippen molar-refractivity contribution in [2.24, 2.45) is 0 Å². The normalized spacial score (nSPS) is 14.4. The Morgan fingerprint density at radius 1 is 1.08 bits per heavy atom. The van der Waals surface area contributed by atoms with Gasteiger partial charge in [0.05, 0.1) is 18.8 Å². The van der Waals surface area contributed by atoms with Gasteiger partial charge in [0.25, 0.3) is 5.56 Å². The topological polar surface area (TPSA) is 133 Å². The number of aliphatic hydroxyl groups is 2. The predicted octanol–water partition coefficient (Wildman–Crippen LogP) is 1.35. The van der Waals surface area contributed by atoms with Crippen LogP contribution < -0.4 is 21.1 Å². The van der Waals surface area contributed by atoms with Gasteiger partial charge in [0.15, 0.2) is 11.5 Å². The molecular formula is C25H30N8O3. The van der Waals surface area contributed by atoms with Gasteiger partial charge in [-0.05, 0) is 50.2 Å². The van der Waals surface area contributed by atoms with Crippen LogP contribution in [0.5, 0.6) is 0 Å². The molecular weight excluding hydrogens is 460 g/mol. The number of aliphatic hydroxyl groups excluding tert-OH is 1. The zero-order valence-corrected chi connectivity index (χ0v) is 20.3. The Labute approximate surface area is 208 Å². The first-order valence-corrected chi connectivity index (χ1v) is 12.0. The monoisotopic (exact) mass is 490 g/mol. The average molecular weight is 491 g/mol. The first kappa shape index (κ1) is 23.9. The Kier molecular flexibility index (Phi) is 6.44. The molecule has 1 aliphatic rings. The Balaban J connectivity index is 1.52. The Bertz CT molecular complexity index is 1420. The van der Waals surface area contributed by atoms with E-state index in [-0.39, 0.29) is 18.7 Å². The van der Waals surface area contributed by atoms with Gasteiger partial charge in [-0.25, -0.2) is 19.3 Å². The van der Waals surface area contributed by atoms with Gasteiger partial charge in [-0.3, -0.25) is 4.79 Å². The first-order chi connectivity index (χ1) is 17.3. The average Bonchev–Trinajstić information content (AvgIpc) is 3.15. The summed E-state index contributed by atoms with van der Waals surface area (Å²) in [6.07, 6.45) is 1.48. The van der Waals surface area contributed by atoms with Crippen molar-refractivity contribution >= 4 is 28.4 Å². The van der Waals surface area contributed by atoms with Crippen molar-refractivity contribution in [1.82, 2.24) is 29.6 Å². The van der Waals surface area contributed by atoms with E-state index in [1.165, 1.54) is 10.9 Å². The molecule has 4 N–H and O–H groups in total. The number of nitrogens with zero attached hydrogens (tertiary/aromatic N) is 6. The van der Waals surface area contributed by atoms with Crippen LogP contribution in [0.4, 0.5) is 17.3 Å². The van der Waals surface area contributed by atoms with Gasteiger partial charge in [-0.2, -0.15) is 4.98 Å². The summed E-state index contributed by atoms with van der Waals surface area (Å²) in [5.41, 5.74) is 1.27. The fourth-order valence-electron chi connectivity index (χ4n) is 4.31. The zero-order chi connectivity index (χ0) is 25.3. The Morgan fingerprint density at radius 3 is 2.53 bits per heavy atom. The van der Waals surface area contributed by atoms with Gasteiger partial charge >= 0.3 is 0 Å².